The summed E-state index contributed by atoms with van der Waals surface area (Å²) in [7, 11) is 0. The van der Waals surface area contributed by atoms with E-state index < -0.39 is 0 Å². The van der Waals surface area contributed by atoms with E-state index in [-0.39, 0.29) is 0 Å². The molecule has 0 fully saturated rings. The number of pyridine rings is 1. The molecule has 0 N–H and O–H groups in total. The van der Waals surface area contributed by atoms with Gasteiger partial charge in [-0.05, 0) is 54.6 Å². The fourth-order valence-electron chi connectivity index (χ4n) is 7.80. The Morgan fingerprint density at radius 1 is 0.451 bits per heavy atom. The number of fused-ring (bicyclic) bond motifs is 9. The van der Waals surface area contributed by atoms with Crippen molar-refractivity contribution in [2.75, 3.05) is 0 Å². The van der Waals surface area contributed by atoms with Crippen molar-refractivity contribution in [3.05, 3.63) is 164 Å². The van der Waals surface area contributed by atoms with Crippen molar-refractivity contribution in [3.63, 3.8) is 0 Å². The molecule has 11 aromatic rings. The molecule has 238 valence electrons. The van der Waals surface area contributed by atoms with Crippen LogP contribution in [0.15, 0.2) is 164 Å². The number of para-hydroxylation sites is 4. The number of nitrogens with zero attached hydrogens (tertiary/aromatic N) is 7. The molecule has 0 amide bonds. The van der Waals surface area contributed by atoms with Gasteiger partial charge in [0, 0.05) is 44.3 Å². The molecule has 0 saturated heterocycles. The van der Waals surface area contributed by atoms with Gasteiger partial charge in [0.2, 0.25) is 0 Å². The largest absolute Gasteiger partial charge is 0.308 e. The Morgan fingerprint density at radius 3 is 1.82 bits per heavy atom. The highest BCUT2D eigenvalue weighted by molar-refractivity contribution is 6.19. The summed E-state index contributed by atoms with van der Waals surface area (Å²) in [5, 5.41) is 10.9. The number of rotatable bonds is 4. The Balaban J connectivity index is 1.19. The van der Waals surface area contributed by atoms with Gasteiger partial charge in [-0.1, -0.05) is 97.1 Å². The Hall–Kier alpha value is -7.12. The van der Waals surface area contributed by atoms with E-state index in [1.54, 1.807) is 0 Å². The van der Waals surface area contributed by atoms with Crippen LogP contribution in [0.3, 0.4) is 0 Å². The molecule has 51 heavy (non-hydrogen) atoms. The normalized spacial score (nSPS) is 11.9. The van der Waals surface area contributed by atoms with Crippen molar-refractivity contribution in [2.24, 2.45) is 0 Å². The second-order valence-corrected chi connectivity index (χ2v) is 12.8. The van der Waals surface area contributed by atoms with Crippen LogP contribution in [-0.4, -0.2) is 33.7 Å². The minimum absolute atomic E-state index is 0.560. The first kappa shape index (κ1) is 27.8. The third-order valence-corrected chi connectivity index (χ3v) is 9.99. The monoisotopic (exact) mass is 653 g/mol. The zero-order valence-electron chi connectivity index (χ0n) is 27.2. The number of hydrogen-bond donors (Lipinski definition) is 0. The van der Waals surface area contributed by atoms with E-state index in [0.29, 0.717) is 11.6 Å². The van der Waals surface area contributed by atoms with Crippen LogP contribution in [0.25, 0.3) is 94.3 Å². The van der Waals surface area contributed by atoms with Gasteiger partial charge < -0.3 is 9.13 Å². The minimum atomic E-state index is 0.560. The quantitative estimate of drug-likeness (QED) is 0.190. The molecule has 0 saturated carbocycles. The lowest BCUT2D eigenvalue weighted by Crippen LogP contribution is -1.98. The van der Waals surface area contributed by atoms with Crippen molar-refractivity contribution >= 4 is 60.3 Å². The molecule has 0 radical (unpaired) electrons. The Bertz CT molecular complexity index is 3140. The molecule has 11 rings (SSSR count). The Kier molecular flexibility index (Phi) is 5.83. The average Bonchev–Trinajstić information content (AvgIpc) is 3.87. The van der Waals surface area contributed by atoms with Crippen LogP contribution < -0.4 is 0 Å². The van der Waals surface area contributed by atoms with E-state index in [0.717, 1.165) is 61.2 Å². The standard InChI is InChI=1S/C44H27N7/c1-2-13-28(14-3-1)42-32-18-6-11-23-39(32)51-44(46-42)47-43(48-51)33-19-7-10-22-38(33)50-37-21-9-5-17-31(37)35-25-40-34(26-41(35)50)30-16-4-8-20-36(30)49(40)29-15-12-24-45-27-29/h1-27H. The maximum absolute atomic E-state index is 5.12. The van der Waals surface area contributed by atoms with Gasteiger partial charge in [0.15, 0.2) is 5.82 Å². The molecule has 0 aliphatic carbocycles. The molecule has 5 aromatic heterocycles. The predicted molar refractivity (Wildman–Crippen MR) is 206 cm³/mol. The lowest BCUT2D eigenvalue weighted by atomic mass is 10.1. The van der Waals surface area contributed by atoms with Crippen LogP contribution in [0.2, 0.25) is 0 Å². The third-order valence-electron chi connectivity index (χ3n) is 9.99. The predicted octanol–water partition coefficient (Wildman–Crippen LogP) is 10.2. The zero-order valence-corrected chi connectivity index (χ0v) is 27.2. The van der Waals surface area contributed by atoms with Crippen molar-refractivity contribution in [1.29, 1.82) is 0 Å². The van der Waals surface area contributed by atoms with Gasteiger partial charge >= 0.3 is 0 Å². The Morgan fingerprint density at radius 2 is 1.08 bits per heavy atom. The Labute approximate surface area is 291 Å². The van der Waals surface area contributed by atoms with Gasteiger partial charge in [0.05, 0.1) is 50.8 Å². The van der Waals surface area contributed by atoms with Gasteiger partial charge in [-0.3, -0.25) is 4.98 Å². The average molecular weight is 654 g/mol. The van der Waals surface area contributed by atoms with E-state index in [4.69, 9.17) is 15.1 Å². The zero-order chi connectivity index (χ0) is 33.5. The highest BCUT2D eigenvalue weighted by atomic mass is 15.3. The second-order valence-electron chi connectivity index (χ2n) is 12.8. The molecular formula is C44H27N7. The first-order valence-corrected chi connectivity index (χ1v) is 17.0. The fraction of sp³-hybridized carbons (Fsp3) is 0. The second kappa shape index (κ2) is 10.7. The first-order valence-electron chi connectivity index (χ1n) is 17.0. The third kappa shape index (κ3) is 4.06. The molecule has 0 bridgehead atoms. The van der Waals surface area contributed by atoms with E-state index in [9.17, 15) is 0 Å². The summed E-state index contributed by atoms with van der Waals surface area (Å²) in [6.07, 6.45) is 3.75. The summed E-state index contributed by atoms with van der Waals surface area (Å²) in [6, 6.07) is 53.0. The number of benzene rings is 6. The van der Waals surface area contributed by atoms with Crippen molar-refractivity contribution in [2.45, 2.75) is 0 Å². The molecule has 5 heterocycles. The molecule has 0 unspecified atom stereocenters. The SMILES string of the molecule is c1ccc(-c2nc3nc(-c4ccccc4-n4c5ccccc5c5cc6c(cc54)c4ccccc4n6-c4cccnc4)nn3c3ccccc23)cc1. The van der Waals surface area contributed by atoms with Crippen LogP contribution in [-0.2, 0) is 0 Å². The van der Waals surface area contributed by atoms with Gasteiger partial charge in [0.25, 0.3) is 5.78 Å². The smallest absolute Gasteiger partial charge is 0.253 e. The van der Waals surface area contributed by atoms with Crippen LogP contribution in [0.1, 0.15) is 0 Å². The van der Waals surface area contributed by atoms with Crippen molar-refractivity contribution in [1.82, 2.24) is 33.7 Å². The van der Waals surface area contributed by atoms with E-state index in [1.165, 1.54) is 21.5 Å². The molecule has 0 aliphatic rings. The summed E-state index contributed by atoms with van der Waals surface area (Å²) in [5.74, 6) is 1.18. The maximum Gasteiger partial charge on any atom is 0.253 e. The number of hydrogen-bond acceptors (Lipinski definition) is 4. The first-order chi connectivity index (χ1) is 25.3. The van der Waals surface area contributed by atoms with E-state index >= 15 is 0 Å². The minimum Gasteiger partial charge on any atom is -0.308 e. The highest BCUT2D eigenvalue weighted by Gasteiger charge is 2.22. The van der Waals surface area contributed by atoms with E-state index in [2.05, 4.69) is 129 Å². The van der Waals surface area contributed by atoms with Crippen LogP contribution in [0.5, 0.6) is 0 Å². The lowest BCUT2D eigenvalue weighted by molar-refractivity contribution is 0.987. The fourth-order valence-corrected chi connectivity index (χ4v) is 7.80. The van der Waals surface area contributed by atoms with Crippen LogP contribution in [0, 0.1) is 0 Å². The van der Waals surface area contributed by atoms with Crippen LogP contribution in [0.4, 0.5) is 0 Å². The number of aromatic nitrogens is 7. The molecule has 0 spiro atoms. The maximum atomic E-state index is 5.12. The summed E-state index contributed by atoms with van der Waals surface area (Å²) in [6.45, 7) is 0. The molecule has 6 aromatic carbocycles. The van der Waals surface area contributed by atoms with Gasteiger partial charge in [-0.25, -0.2) is 4.98 Å². The van der Waals surface area contributed by atoms with Gasteiger partial charge in [-0.15, -0.1) is 5.10 Å². The summed E-state index contributed by atoms with van der Waals surface area (Å²) < 4.78 is 6.55. The van der Waals surface area contributed by atoms with Crippen molar-refractivity contribution in [3.8, 4) is 34.0 Å². The molecule has 7 nitrogen and oxygen atoms in total. The lowest BCUT2D eigenvalue weighted by Gasteiger charge is -2.12. The molecule has 7 heteroatoms. The topological polar surface area (TPSA) is 65.8 Å². The molecular weight excluding hydrogens is 627 g/mol. The van der Waals surface area contributed by atoms with Gasteiger partial charge in [-0.2, -0.15) is 9.50 Å². The summed E-state index contributed by atoms with van der Waals surface area (Å²) >= 11 is 0. The summed E-state index contributed by atoms with van der Waals surface area (Å²) in [4.78, 5) is 14.6. The highest BCUT2D eigenvalue weighted by Crippen LogP contribution is 2.41. The van der Waals surface area contributed by atoms with Gasteiger partial charge in [0.1, 0.15) is 0 Å². The van der Waals surface area contributed by atoms with Crippen molar-refractivity contribution < 1.29 is 0 Å². The summed E-state index contributed by atoms with van der Waals surface area (Å²) in [5.41, 5.74) is 10.4. The van der Waals surface area contributed by atoms with E-state index in [1.807, 2.05) is 53.3 Å². The molecule has 0 atom stereocenters. The van der Waals surface area contributed by atoms with Crippen LogP contribution >= 0.6 is 0 Å². The molecule has 0 aliphatic heterocycles.